The number of fused-ring (bicyclic) bond motifs is 1. The second-order valence-corrected chi connectivity index (χ2v) is 6.30. The summed E-state index contributed by atoms with van der Waals surface area (Å²) in [5.41, 5.74) is 1.09. The van der Waals surface area contributed by atoms with Gasteiger partial charge in [-0.2, -0.15) is 0 Å². The van der Waals surface area contributed by atoms with Gasteiger partial charge in [0.25, 0.3) is 11.8 Å². The van der Waals surface area contributed by atoms with Gasteiger partial charge in [-0.3, -0.25) is 14.0 Å². The summed E-state index contributed by atoms with van der Waals surface area (Å²) in [6, 6.07) is 10.7. The SMILES string of the molecule is CC(C)CNC(=O)c1nc(C(=O)Nc2ccc(F)cc2)c2ccccn12. The van der Waals surface area contributed by atoms with Gasteiger partial charge < -0.3 is 10.6 Å². The minimum atomic E-state index is -0.469. The fourth-order valence-electron chi connectivity index (χ4n) is 2.46. The number of hydrogen-bond acceptors (Lipinski definition) is 3. The summed E-state index contributed by atoms with van der Waals surface area (Å²) in [6.07, 6.45) is 1.68. The molecule has 0 atom stereocenters. The van der Waals surface area contributed by atoms with Crippen LogP contribution in [0, 0.1) is 11.7 Å². The highest BCUT2D eigenvalue weighted by molar-refractivity contribution is 6.08. The summed E-state index contributed by atoms with van der Waals surface area (Å²) >= 11 is 0. The third kappa shape index (κ3) is 3.72. The average molecular weight is 354 g/mol. The van der Waals surface area contributed by atoms with Crippen molar-refractivity contribution in [3.63, 3.8) is 0 Å². The van der Waals surface area contributed by atoms with Gasteiger partial charge in [0.15, 0.2) is 5.69 Å². The van der Waals surface area contributed by atoms with E-state index in [0.29, 0.717) is 23.7 Å². The number of nitrogens with one attached hydrogen (secondary N) is 2. The number of anilines is 1. The largest absolute Gasteiger partial charge is 0.349 e. The Balaban J connectivity index is 1.92. The van der Waals surface area contributed by atoms with Gasteiger partial charge in [0, 0.05) is 18.4 Å². The first-order valence-electron chi connectivity index (χ1n) is 8.28. The summed E-state index contributed by atoms with van der Waals surface area (Å²) in [5.74, 6) is -0.763. The Hall–Kier alpha value is -3.22. The Labute approximate surface area is 150 Å². The standard InChI is InChI=1S/C19H19FN4O2/c1-12(2)11-21-19(26)17-23-16(15-5-3-4-10-24(15)17)18(25)22-14-8-6-13(20)7-9-14/h3-10,12H,11H2,1-2H3,(H,21,26)(H,22,25). The molecule has 0 aliphatic carbocycles. The van der Waals surface area contributed by atoms with Crippen LogP contribution in [-0.4, -0.2) is 27.7 Å². The van der Waals surface area contributed by atoms with Crippen LogP contribution in [0.5, 0.6) is 0 Å². The molecule has 2 aromatic heterocycles. The first-order chi connectivity index (χ1) is 12.5. The number of nitrogens with zero attached hydrogens (tertiary/aromatic N) is 2. The van der Waals surface area contributed by atoms with Gasteiger partial charge in [-0.25, -0.2) is 9.37 Å². The minimum Gasteiger partial charge on any atom is -0.349 e. The van der Waals surface area contributed by atoms with Crippen LogP contribution in [0.3, 0.4) is 0 Å². The molecule has 0 bridgehead atoms. The maximum absolute atomic E-state index is 13.0. The summed E-state index contributed by atoms with van der Waals surface area (Å²) in [7, 11) is 0. The zero-order chi connectivity index (χ0) is 18.7. The number of aromatic nitrogens is 2. The Morgan fingerprint density at radius 1 is 1.12 bits per heavy atom. The monoisotopic (exact) mass is 354 g/mol. The van der Waals surface area contributed by atoms with Crippen molar-refractivity contribution in [3.8, 4) is 0 Å². The molecule has 6 nitrogen and oxygen atoms in total. The highest BCUT2D eigenvalue weighted by Gasteiger charge is 2.21. The van der Waals surface area contributed by atoms with Crippen molar-refractivity contribution >= 4 is 23.0 Å². The van der Waals surface area contributed by atoms with Crippen molar-refractivity contribution in [1.29, 1.82) is 0 Å². The Bertz CT molecular complexity index is 948. The summed E-state index contributed by atoms with van der Waals surface area (Å²) in [6.45, 7) is 4.49. The van der Waals surface area contributed by atoms with Crippen molar-refractivity contribution in [2.24, 2.45) is 5.92 Å². The molecule has 26 heavy (non-hydrogen) atoms. The fraction of sp³-hybridized carbons (Fsp3) is 0.211. The van der Waals surface area contributed by atoms with E-state index in [9.17, 15) is 14.0 Å². The molecule has 0 radical (unpaired) electrons. The normalized spacial score (nSPS) is 10.9. The molecule has 0 saturated carbocycles. The first kappa shape index (κ1) is 17.6. The molecule has 0 aliphatic heterocycles. The third-order valence-electron chi connectivity index (χ3n) is 3.74. The molecule has 0 fully saturated rings. The average Bonchev–Trinajstić information content (AvgIpc) is 3.01. The number of carbonyl (C=O) groups excluding carboxylic acids is 2. The van der Waals surface area contributed by atoms with Gasteiger partial charge >= 0.3 is 0 Å². The van der Waals surface area contributed by atoms with Crippen molar-refractivity contribution in [2.75, 3.05) is 11.9 Å². The van der Waals surface area contributed by atoms with E-state index in [1.54, 1.807) is 28.8 Å². The van der Waals surface area contributed by atoms with Crippen LogP contribution in [0.25, 0.3) is 5.52 Å². The number of carbonyl (C=O) groups is 2. The molecule has 3 aromatic rings. The highest BCUT2D eigenvalue weighted by atomic mass is 19.1. The van der Waals surface area contributed by atoms with E-state index in [4.69, 9.17) is 0 Å². The Kier molecular flexibility index (Phi) is 4.97. The lowest BCUT2D eigenvalue weighted by Crippen LogP contribution is -2.29. The van der Waals surface area contributed by atoms with Crippen LogP contribution in [0.1, 0.15) is 35.0 Å². The highest BCUT2D eigenvalue weighted by Crippen LogP contribution is 2.16. The number of rotatable bonds is 5. The molecule has 0 aliphatic rings. The molecular formula is C19H19FN4O2. The first-order valence-corrected chi connectivity index (χ1v) is 8.28. The van der Waals surface area contributed by atoms with Crippen molar-refractivity contribution < 1.29 is 14.0 Å². The quantitative estimate of drug-likeness (QED) is 0.739. The number of hydrogen-bond donors (Lipinski definition) is 2. The molecule has 0 unspecified atom stereocenters. The lowest BCUT2D eigenvalue weighted by molar-refractivity contribution is 0.0938. The van der Waals surface area contributed by atoms with Gasteiger partial charge in [-0.15, -0.1) is 0 Å². The number of benzene rings is 1. The van der Waals surface area contributed by atoms with E-state index < -0.39 is 5.91 Å². The summed E-state index contributed by atoms with van der Waals surface area (Å²) in [5, 5.41) is 5.47. The molecule has 0 spiro atoms. The lowest BCUT2D eigenvalue weighted by Gasteiger charge is -2.06. The van der Waals surface area contributed by atoms with Gasteiger partial charge in [-0.1, -0.05) is 19.9 Å². The zero-order valence-corrected chi connectivity index (χ0v) is 14.5. The van der Waals surface area contributed by atoms with Gasteiger partial charge in [-0.05, 0) is 42.3 Å². The van der Waals surface area contributed by atoms with Crippen molar-refractivity contribution in [1.82, 2.24) is 14.7 Å². The summed E-state index contributed by atoms with van der Waals surface area (Å²) < 4.78 is 14.6. The number of amides is 2. The second kappa shape index (κ2) is 7.35. The third-order valence-corrected chi connectivity index (χ3v) is 3.74. The number of imidazole rings is 1. The van der Waals surface area contributed by atoms with Crippen LogP contribution in [-0.2, 0) is 0 Å². The maximum atomic E-state index is 13.0. The Morgan fingerprint density at radius 2 is 1.85 bits per heavy atom. The smallest absolute Gasteiger partial charge is 0.287 e. The predicted molar refractivity (Wildman–Crippen MR) is 96.7 cm³/mol. The predicted octanol–water partition coefficient (Wildman–Crippen LogP) is 3.11. The van der Waals surface area contributed by atoms with E-state index in [1.165, 1.54) is 24.3 Å². The van der Waals surface area contributed by atoms with E-state index in [2.05, 4.69) is 15.6 Å². The number of pyridine rings is 1. The lowest BCUT2D eigenvalue weighted by atomic mass is 10.2. The van der Waals surface area contributed by atoms with E-state index in [0.717, 1.165) is 0 Å². The number of halogens is 1. The second-order valence-electron chi connectivity index (χ2n) is 6.30. The molecule has 2 amide bonds. The van der Waals surface area contributed by atoms with E-state index in [1.807, 2.05) is 13.8 Å². The molecule has 0 saturated heterocycles. The van der Waals surface area contributed by atoms with Crippen molar-refractivity contribution in [3.05, 3.63) is 66.0 Å². The van der Waals surface area contributed by atoms with Crippen LogP contribution in [0.15, 0.2) is 48.7 Å². The topological polar surface area (TPSA) is 75.5 Å². The molecule has 1 aromatic carbocycles. The van der Waals surface area contributed by atoms with E-state index in [-0.39, 0.29) is 23.2 Å². The van der Waals surface area contributed by atoms with E-state index >= 15 is 0 Å². The van der Waals surface area contributed by atoms with Crippen LogP contribution in [0.4, 0.5) is 10.1 Å². The molecular weight excluding hydrogens is 335 g/mol. The summed E-state index contributed by atoms with van der Waals surface area (Å²) in [4.78, 5) is 29.3. The molecule has 7 heteroatoms. The molecule has 134 valence electrons. The molecule has 2 N–H and O–H groups in total. The van der Waals surface area contributed by atoms with Crippen LogP contribution < -0.4 is 10.6 Å². The minimum absolute atomic E-state index is 0.129. The van der Waals surface area contributed by atoms with Gasteiger partial charge in [0.05, 0.1) is 5.52 Å². The molecule has 2 heterocycles. The van der Waals surface area contributed by atoms with Crippen LogP contribution in [0.2, 0.25) is 0 Å². The maximum Gasteiger partial charge on any atom is 0.287 e. The fourth-order valence-corrected chi connectivity index (χ4v) is 2.46. The zero-order valence-electron chi connectivity index (χ0n) is 14.5. The van der Waals surface area contributed by atoms with Crippen molar-refractivity contribution in [2.45, 2.75) is 13.8 Å². The van der Waals surface area contributed by atoms with Gasteiger partial charge in [0.2, 0.25) is 5.82 Å². The van der Waals surface area contributed by atoms with Crippen LogP contribution >= 0.6 is 0 Å². The van der Waals surface area contributed by atoms with Gasteiger partial charge in [0.1, 0.15) is 5.82 Å². The Morgan fingerprint density at radius 3 is 2.54 bits per heavy atom. The molecule has 3 rings (SSSR count).